The predicted octanol–water partition coefficient (Wildman–Crippen LogP) is 3.90. The Bertz CT molecular complexity index is 1060. The van der Waals surface area contributed by atoms with E-state index in [1.54, 1.807) is 26.0 Å². The zero-order valence-electron chi connectivity index (χ0n) is 17.8. The van der Waals surface area contributed by atoms with Gasteiger partial charge < -0.3 is 10.1 Å². The Balaban J connectivity index is 1.72. The molecule has 3 rings (SSSR count). The second-order valence-corrected chi connectivity index (χ2v) is 7.87. The molecular weight excluding hydrogens is 441 g/mol. The zero-order chi connectivity index (χ0) is 24.3. The lowest BCUT2D eigenvalue weighted by molar-refractivity contribution is -0.151. The number of benzene rings is 2. The third-order valence-corrected chi connectivity index (χ3v) is 4.96. The Morgan fingerprint density at radius 1 is 0.970 bits per heavy atom. The molecule has 7 nitrogen and oxygen atoms in total. The molecule has 0 saturated heterocycles. The van der Waals surface area contributed by atoms with E-state index in [-0.39, 0.29) is 23.5 Å². The molecule has 10 heteroatoms. The number of nitrogens with zero attached hydrogens (tertiary/aromatic N) is 1. The predicted molar refractivity (Wildman–Crippen MR) is 111 cm³/mol. The van der Waals surface area contributed by atoms with E-state index in [4.69, 9.17) is 4.74 Å². The average molecular weight is 462 g/mol. The summed E-state index contributed by atoms with van der Waals surface area (Å²) in [7, 11) is 0. The number of anilines is 1. The molecule has 0 aromatic heterocycles. The van der Waals surface area contributed by atoms with Gasteiger partial charge in [0, 0.05) is 0 Å². The smallest absolute Gasteiger partial charge is 0.418 e. The van der Waals surface area contributed by atoms with Crippen LogP contribution in [0.15, 0.2) is 48.5 Å². The first-order valence-electron chi connectivity index (χ1n) is 10.1. The maximum atomic E-state index is 13.1. The van der Waals surface area contributed by atoms with Crippen molar-refractivity contribution in [1.82, 2.24) is 4.90 Å². The number of para-hydroxylation sites is 1. The summed E-state index contributed by atoms with van der Waals surface area (Å²) in [5.41, 5.74) is -1.21. The number of halogens is 3. The van der Waals surface area contributed by atoms with Crippen molar-refractivity contribution in [2.75, 3.05) is 11.9 Å². The van der Waals surface area contributed by atoms with E-state index in [2.05, 4.69) is 5.32 Å². The van der Waals surface area contributed by atoms with Crippen LogP contribution >= 0.6 is 0 Å². The molecule has 174 valence electrons. The summed E-state index contributed by atoms with van der Waals surface area (Å²) in [5, 5.41) is 2.07. The van der Waals surface area contributed by atoms with Crippen LogP contribution in [0.4, 0.5) is 18.9 Å². The fourth-order valence-corrected chi connectivity index (χ4v) is 3.50. The van der Waals surface area contributed by atoms with Crippen LogP contribution in [0.3, 0.4) is 0 Å². The number of ether oxygens (including phenoxy) is 1. The van der Waals surface area contributed by atoms with Gasteiger partial charge in [0.2, 0.25) is 0 Å². The molecule has 0 radical (unpaired) electrons. The van der Waals surface area contributed by atoms with E-state index in [0.29, 0.717) is 0 Å². The summed E-state index contributed by atoms with van der Waals surface area (Å²) < 4.78 is 44.3. The zero-order valence-corrected chi connectivity index (χ0v) is 17.8. The largest absolute Gasteiger partial charge is 0.454 e. The van der Waals surface area contributed by atoms with Gasteiger partial charge in [-0.25, -0.2) is 4.79 Å². The molecule has 0 spiro atoms. The molecule has 1 aliphatic heterocycles. The number of nitrogens with one attached hydrogen (secondary N) is 1. The number of rotatable bonds is 7. The molecule has 33 heavy (non-hydrogen) atoms. The van der Waals surface area contributed by atoms with Gasteiger partial charge in [0.05, 0.1) is 22.4 Å². The molecule has 2 aromatic carbocycles. The molecule has 0 saturated carbocycles. The van der Waals surface area contributed by atoms with Crippen LogP contribution in [0.1, 0.15) is 46.5 Å². The van der Waals surface area contributed by atoms with Crippen molar-refractivity contribution in [1.29, 1.82) is 0 Å². The number of esters is 1. The summed E-state index contributed by atoms with van der Waals surface area (Å²) >= 11 is 0. The SMILES string of the molecule is CC(C)C[C@H](C(=O)OCC(=O)Nc1ccccc1C(F)(F)F)N1C(=O)c2ccccc2C1=O. The molecule has 1 heterocycles. The number of hydrogen-bond acceptors (Lipinski definition) is 5. The van der Waals surface area contributed by atoms with Crippen LogP contribution in [0.2, 0.25) is 0 Å². The van der Waals surface area contributed by atoms with E-state index in [1.807, 2.05) is 0 Å². The summed E-state index contributed by atoms with van der Waals surface area (Å²) in [5.74, 6) is -3.41. The van der Waals surface area contributed by atoms with Crippen molar-refractivity contribution in [2.24, 2.45) is 5.92 Å². The third kappa shape index (κ3) is 5.21. The first-order chi connectivity index (χ1) is 15.5. The molecule has 1 N–H and O–H groups in total. The second-order valence-electron chi connectivity index (χ2n) is 7.87. The van der Waals surface area contributed by atoms with Crippen molar-refractivity contribution >= 4 is 29.4 Å². The Kier molecular flexibility index (Phi) is 6.85. The lowest BCUT2D eigenvalue weighted by Crippen LogP contribution is -2.46. The Morgan fingerprint density at radius 2 is 1.52 bits per heavy atom. The van der Waals surface area contributed by atoms with Gasteiger partial charge in [-0.1, -0.05) is 38.1 Å². The molecule has 0 bridgehead atoms. The normalized spacial score (nSPS) is 14.3. The van der Waals surface area contributed by atoms with Crippen LogP contribution in [-0.2, 0) is 20.5 Å². The molecule has 1 aliphatic rings. The Labute approximate surface area is 187 Å². The van der Waals surface area contributed by atoms with Crippen molar-refractivity contribution < 1.29 is 37.1 Å². The monoisotopic (exact) mass is 462 g/mol. The van der Waals surface area contributed by atoms with Gasteiger partial charge in [-0.3, -0.25) is 19.3 Å². The standard InChI is InChI=1S/C23H21F3N2O5/c1-13(2)11-18(28-20(30)14-7-3-4-8-15(14)21(28)31)22(32)33-12-19(29)27-17-10-6-5-9-16(17)23(24,25)26/h3-10,13,18H,11-12H2,1-2H3,(H,27,29)/t18-/m1/s1. The van der Waals surface area contributed by atoms with Gasteiger partial charge >= 0.3 is 12.1 Å². The van der Waals surface area contributed by atoms with E-state index in [1.165, 1.54) is 24.3 Å². The van der Waals surface area contributed by atoms with E-state index in [0.717, 1.165) is 17.0 Å². The van der Waals surface area contributed by atoms with E-state index < -0.39 is 53.8 Å². The number of amides is 3. The topological polar surface area (TPSA) is 92.8 Å². The number of fused-ring (bicyclic) bond motifs is 1. The minimum absolute atomic E-state index is 0.0861. The maximum Gasteiger partial charge on any atom is 0.418 e. The molecule has 2 aromatic rings. The quantitative estimate of drug-likeness (QED) is 0.498. The fraction of sp³-hybridized carbons (Fsp3) is 0.304. The number of alkyl halides is 3. The van der Waals surface area contributed by atoms with Gasteiger partial charge in [0.25, 0.3) is 17.7 Å². The van der Waals surface area contributed by atoms with Crippen LogP contribution < -0.4 is 5.32 Å². The van der Waals surface area contributed by atoms with Gasteiger partial charge in [0.15, 0.2) is 6.61 Å². The highest BCUT2D eigenvalue weighted by Crippen LogP contribution is 2.34. The molecular formula is C23H21F3N2O5. The lowest BCUT2D eigenvalue weighted by atomic mass is 10.0. The van der Waals surface area contributed by atoms with Gasteiger partial charge in [-0.2, -0.15) is 13.2 Å². The van der Waals surface area contributed by atoms with Crippen molar-refractivity contribution in [3.8, 4) is 0 Å². The highest BCUT2D eigenvalue weighted by Gasteiger charge is 2.43. The summed E-state index contributed by atoms with van der Waals surface area (Å²) in [6.07, 6.45) is -4.60. The van der Waals surface area contributed by atoms with Crippen molar-refractivity contribution in [2.45, 2.75) is 32.5 Å². The highest BCUT2D eigenvalue weighted by molar-refractivity contribution is 6.22. The minimum atomic E-state index is -4.69. The van der Waals surface area contributed by atoms with Crippen LogP contribution in [0.5, 0.6) is 0 Å². The van der Waals surface area contributed by atoms with E-state index in [9.17, 15) is 32.3 Å². The van der Waals surface area contributed by atoms with Crippen molar-refractivity contribution in [3.05, 3.63) is 65.2 Å². The Morgan fingerprint density at radius 3 is 2.06 bits per heavy atom. The Hall–Kier alpha value is -3.69. The number of hydrogen-bond donors (Lipinski definition) is 1. The molecule has 3 amide bonds. The number of carbonyl (C=O) groups excluding carboxylic acids is 4. The lowest BCUT2D eigenvalue weighted by Gasteiger charge is -2.25. The van der Waals surface area contributed by atoms with Crippen LogP contribution in [-0.4, -0.2) is 41.2 Å². The molecule has 0 aliphatic carbocycles. The molecule has 0 fully saturated rings. The van der Waals surface area contributed by atoms with Crippen LogP contribution in [0.25, 0.3) is 0 Å². The van der Waals surface area contributed by atoms with Gasteiger partial charge in [0.1, 0.15) is 6.04 Å². The highest BCUT2D eigenvalue weighted by atomic mass is 19.4. The summed E-state index contributed by atoms with van der Waals surface area (Å²) in [4.78, 5) is 51.3. The first-order valence-corrected chi connectivity index (χ1v) is 10.1. The third-order valence-electron chi connectivity index (χ3n) is 4.96. The average Bonchev–Trinajstić information content (AvgIpc) is 3.00. The second kappa shape index (κ2) is 9.43. The van der Waals surface area contributed by atoms with Gasteiger partial charge in [-0.15, -0.1) is 0 Å². The summed E-state index contributed by atoms with van der Waals surface area (Å²) in [6.45, 7) is 2.67. The number of imide groups is 1. The first kappa shape index (κ1) is 24.0. The maximum absolute atomic E-state index is 13.1. The molecule has 0 unspecified atom stereocenters. The molecule has 1 atom stereocenters. The van der Waals surface area contributed by atoms with Gasteiger partial charge in [-0.05, 0) is 36.6 Å². The minimum Gasteiger partial charge on any atom is -0.454 e. The van der Waals surface area contributed by atoms with Crippen LogP contribution in [0, 0.1) is 5.92 Å². The van der Waals surface area contributed by atoms with Crippen molar-refractivity contribution in [3.63, 3.8) is 0 Å². The van der Waals surface area contributed by atoms with E-state index >= 15 is 0 Å². The number of carbonyl (C=O) groups is 4. The summed E-state index contributed by atoms with van der Waals surface area (Å²) in [6, 6.07) is 9.21. The fourth-order valence-electron chi connectivity index (χ4n) is 3.50.